The maximum atomic E-state index is 6.01. The Morgan fingerprint density at radius 3 is 3.00 bits per heavy atom. The quantitative estimate of drug-likeness (QED) is 0.397. The van der Waals surface area contributed by atoms with Gasteiger partial charge in [-0.1, -0.05) is 11.6 Å². The molecule has 1 saturated carbocycles. The number of guanidine groups is 1. The molecule has 0 aromatic carbocycles. The number of aliphatic imine (C=N–C) groups is 1. The molecule has 0 unspecified atom stereocenters. The maximum Gasteiger partial charge on any atom is 0.232 e. The van der Waals surface area contributed by atoms with Crippen LogP contribution in [0.4, 0.5) is 0 Å². The Hall–Kier alpha value is -1.53. The Morgan fingerprint density at radius 1 is 1.46 bits per heavy atom. The van der Waals surface area contributed by atoms with Crippen LogP contribution in [0, 0.1) is 5.92 Å². The zero-order valence-electron chi connectivity index (χ0n) is 14.5. The molecule has 1 fully saturated rings. The van der Waals surface area contributed by atoms with Gasteiger partial charge in [0, 0.05) is 32.9 Å². The fraction of sp³-hybridized carbons (Fsp3) is 0.647. The SMILES string of the molecule is CCNC(=NCCOc1ncccc1Cl)N(C)CCOCC1CC1. The van der Waals surface area contributed by atoms with Crippen LogP contribution in [0.2, 0.25) is 5.02 Å². The van der Waals surface area contributed by atoms with Crippen LogP contribution in [0.15, 0.2) is 23.3 Å². The van der Waals surface area contributed by atoms with E-state index < -0.39 is 0 Å². The normalized spacial score (nSPS) is 14.5. The highest BCUT2D eigenvalue weighted by molar-refractivity contribution is 6.31. The minimum Gasteiger partial charge on any atom is -0.475 e. The Bertz CT molecular complexity index is 523. The Labute approximate surface area is 149 Å². The smallest absolute Gasteiger partial charge is 0.232 e. The average Bonchev–Trinajstić information content (AvgIpc) is 3.40. The third kappa shape index (κ3) is 6.93. The molecule has 1 aliphatic carbocycles. The Morgan fingerprint density at radius 2 is 2.29 bits per heavy atom. The molecular weight excluding hydrogens is 328 g/mol. The summed E-state index contributed by atoms with van der Waals surface area (Å²) in [6.07, 6.45) is 4.30. The highest BCUT2D eigenvalue weighted by atomic mass is 35.5. The molecule has 0 radical (unpaired) electrons. The van der Waals surface area contributed by atoms with Gasteiger partial charge in [0.1, 0.15) is 11.6 Å². The van der Waals surface area contributed by atoms with Gasteiger partial charge in [-0.05, 0) is 37.8 Å². The second-order valence-electron chi connectivity index (χ2n) is 5.81. The van der Waals surface area contributed by atoms with E-state index in [0.717, 1.165) is 38.2 Å². The van der Waals surface area contributed by atoms with Crippen LogP contribution in [0.5, 0.6) is 5.88 Å². The summed E-state index contributed by atoms with van der Waals surface area (Å²) in [5.41, 5.74) is 0. The monoisotopic (exact) mass is 354 g/mol. The first-order chi connectivity index (χ1) is 11.7. The van der Waals surface area contributed by atoms with E-state index in [1.54, 1.807) is 18.3 Å². The van der Waals surface area contributed by atoms with Crippen molar-refractivity contribution in [1.82, 2.24) is 15.2 Å². The molecule has 7 heteroatoms. The van der Waals surface area contributed by atoms with Crippen molar-refractivity contribution in [1.29, 1.82) is 0 Å². The first-order valence-corrected chi connectivity index (χ1v) is 8.89. The molecule has 2 rings (SSSR count). The average molecular weight is 355 g/mol. The van der Waals surface area contributed by atoms with Gasteiger partial charge in [0.05, 0.1) is 13.2 Å². The Kier molecular flexibility index (Phi) is 8.12. The summed E-state index contributed by atoms with van der Waals surface area (Å²) in [6.45, 7) is 6.25. The number of pyridine rings is 1. The maximum absolute atomic E-state index is 6.01. The molecule has 1 heterocycles. The fourth-order valence-electron chi connectivity index (χ4n) is 2.08. The number of likely N-dealkylation sites (N-methyl/N-ethyl adjacent to an activating group) is 1. The number of halogens is 1. The topological polar surface area (TPSA) is 59.0 Å². The molecule has 0 saturated heterocycles. The van der Waals surface area contributed by atoms with Crippen LogP contribution in [-0.4, -0.2) is 62.3 Å². The van der Waals surface area contributed by atoms with Crippen molar-refractivity contribution in [3.05, 3.63) is 23.4 Å². The lowest BCUT2D eigenvalue weighted by atomic mass is 10.5. The molecule has 134 valence electrons. The van der Waals surface area contributed by atoms with Gasteiger partial charge in [0.2, 0.25) is 5.88 Å². The molecule has 24 heavy (non-hydrogen) atoms. The summed E-state index contributed by atoms with van der Waals surface area (Å²) >= 11 is 6.01. The minimum atomic E-state index is 0.428. The lowest BCUT2D eigenvalue weighted by molar-refractivity contribution is 0.115. The molecule has 0 aliphatic heterocycles. The summed E-state index contributed by atoms with van der Waals surface area (Å²) in [5, 5.41) is 3.79. The van der Waals surface area contributed by atoms with Crippen LogP contribution < -0.4 is 10.1 Å². The van der Waals surface area contributed by atoms with Crippen LogP contribution in [-0.2, 0) is 4.74 Å². The van der Waals surface area contributed by atoms with Gasteiger partial charge in [-0.15, -0.1) is 0 Å². The summed E-state index contributed by atoms with van der Waals surface area (Å²) < 4.78 is 11.2. The van der Waals surface area contributed by atoms with Gasteiger partial charge in [-0.3, -0.25) is 0 Å². The van der Waals surface area contributed by atoms with Crippen molar-refractivity contribution in [2.45, 2.75) is 19.8 Å². The van der Waals surface area contributed by atoms with Crippen molar-refractivity contribution in [3.8, 4) is 5.88 Å². The van der Waals surface area contributed by atoms with Crippen molar-refractivity contribution < 1.29 is 9.47 Å². The molecule has 0 atom stereocenters. The number of ether oxygens (including phenoxy) is 2. The van der Waals surface area contributed by atoms with Crippen molar-refractivity contribution in [2.75, 3.05) is 46.5 Å². The highest BCUT2D eigenvalue weighted by Crippen LogP contribution is 2.28. The first-order valence-electron chi connectivity index (χ1n) is 8.51. The Balaban J connectivity index is 1.70. The van der Waals surface area contributed by atoms with Crippen LogP contribution in [0.25, 0.3) is 0 Å². The van der Waals surface area contributed by atoms with Gasteiger partial charge in [0.25, 0.3) is 0 Å². The van der Waals surface area contributed by atoms with Crippen molar-refractivity contribution in [2.24, 2.45) is 10.9 Å². The largest absolute Gasteiger partial charge is 0.475 e. The molecule has 0 bridgehead atoms. The third-order valence-electron chi connectivity index (χ3n) is 3.63. The van der Waals surface area contributed by atoms with E-state index in [1.165, 1.54) is 12.8 Å². The summed E-state index contributed by atoms with van der Waals surface area (Å²) in [5.74, 6) is 2.09. The molecule has 1 aliphatic rings. The van der Waals surface area contributed by atoms with Crippen LogP contribution in [0.3, 0.4) is 0 Å². The summed E-state index contributed by atoms with van der Waals surface area (Å²) in [7, 11) is 2.01. The van der Waals surface area contributed by atoms with E-state index in [-0.39, 0.29) is 0 Å². The molecule has 0 amide bonds. The third-order valence-corrected chi connectivity index (χ3v) is 3.92. The zero-order chi connectivity index (χ0) is 17.2. The van der Waals surface area contributed by atoms with E-state index in [1.807, 2.05) is 7.05 Å². The van der Waals surface area contributed by atoms with E-state index in [2.05, 4.69) is 27.1 Å². The molecule has 1 N–H and O–H groups in total. The number of hydrogen-bond acceptors (Lipinski definition) is 4. The number of nitrogens with zero attached hydrogens (tertiary/aromatic N) is 3. The fourth-order valence-corrected chi connectivity index (χ4v) is 2.26. The molecule has 1 aromatic rings. The van der Waals surface area contributed by atoms with E-state index in [4.69, 9.17) is 21.1 Å². The lowest BCUT2D eigenvalue weighted by Crippen LogP contribution is -2.40. The second-order valence-corrected chi connectivity index (χ2v) is 6.22. The number of rotatable bonds is 10. The predicted octanol–water partition coefficient (Wildman–Crippen LogP) is 2.44. The first kappa shape index (κ1) is 18.8. The zero-order valence-corrected chi connectivity index (χ0v) is 15.3. The molecular formula is C17H27ClN4O2. The van der Waals surface area contributed by atoms with Gasteiger partial charge in [0.15, 0.2) is 5.96 Å². The molecule has 1 aromatic heterocycles. The standard InChI is InChI=1S/C17H27ClN4O2/c1-3-19-17(22(2)10-12-23-13-14-6-7-14)21-9-11-24-16-15(18)5-4-8-20-16/h4-5,8,14H,3,6-7,9-13H2,1-2H3,(H,19,21). The molecule has 6 nitrogen and oxygen atoms in total. The van der Waals surface area contributed by atoms with Gasteiger partial charge in [-0.2, -0.15) is 0 Å². The van der Waals surface area contributed by atoms with E-state index in [0.29, 0.717) is 24.1 Å². The van der Waals surface area contributed by atoms with Crippen molar-refractivity contribution >= 4 is 17.6 Å². The highest BCUT2D eigenvalue weighted by Gasteiger charge is 2.21. The van der Waals surface area contributed by atoms with Gasteiger partial charge < -0.3 is 19.7 Å². The minimum absolute atomic E-state index is 0.428. The predicted molar refractivity (Wildman–Crippen MR) is 96.9 cm³/mol. The van der Waals surface area contributed by atoms with Crippen molar-refractivity contribution in [3.63, 3.8) is 0 Å². The van der Waals surface area contributed by atoms with E-state index in [9.17, 15) is 0 Å². The van der Waals surface area contributed by atoms with Gasteiger partial charge >= 0.3 is 0 Å². The van der Waals surface area contributed by atoms with Crippen LogP contribution in [0.1, 0.15) is 19.8 Å². The number of aromatic nitrogens is 1. The van der Waals surface area contributed by atoms with Crippen LogP contribution >= 0.6 is 11.6 Å². The summed E-state index contributed by atoms with van der Waals surface area (Å²) in [4.78, 5) is 10.7. The second kappa shape index (κ2) is 10.4. The lowest BCUT2D eigenvalue weighted by Gasteiger charge is -2.22. The summed E-state index contributed by atoms with van der Waals surface area (Å²) in [6, 6.07) is 3.53. The van der Waals surface area contributed by atoms with E-state index >= 15 is 0 Å². The number of nitrogens with one attached hydrogen (secondary N) is 1. The molecule has 0 spiro atoms. The number of hydrogen-bond donors (Lipinski definition) is 1. The van der Waals surface area contributed by atoms with Gasteiger partial charge in [-0.25, -0.2) is 9.98 Å².